The fraction of sp³-hybridized carbons (Fsp3) is 0.667. The van der Waals surface area contributed by atoms with Gasteiger partial charge in [-0.25, -0.2) is 0 Å². The van der Waals surface area contributed by atoms with E-state index in [0.717, 1.165) is 32.0 Å². The lowest BCUT2D eigenvalue weighted by molar-refractivity contribution is 0.586. The molecule has 0 bridgehead atoms. The van der Waals surface area contributed by atoms with Gasteiger partial charge < -0.3 is 10.2 Å². The minimum Gasteiger partial charge on any atom is -0.351 e. The molecule has 1 N–H and O–H groups in total. The Morgan fingerprint density at radius 1 is 1.33 bits per heavy atom. The van der Waals surface area contributed by atoms with Crippen LogP contribution >= 0.6 is 23.3 Å². The minimum atomic E-state index is 0.530. The van der Waals surface area contributed by atoms with E-state index in [1.54, 1.807) is 0 Å². The van der Waals surface area contributed by atoms with Crippen molar-refractivity contribution in [2.24, 2.45) is 0 Å². The number of hydrogen-bond acceptors (Lipinski definition) is 5. The highest BCUT2D eigenvalue weighted by atomic mass is 35.5. The van der Waals surface area contributed by atoms with E-state index >= 15 is 0 Å². The lowest BCUT2D eigenvalue weighted by Gasteiger charge is -2.26. The van der Waals surface area contributed by atoms with Gasteiger partial charge in [0.2, 0.25) is 0 Å². The second kappa shape index (κ2) is 3.55. The summed E-state index contributed by atoms with van der Waals surface area (Å²) in [5, 5.41) is 3.80. The molecule has 1 fully saturated rings. The van der Waals surface area contributed by atoms with Crippen molar-refractivity contribution in [3.8, 4) is 0 Å². The molecule has 0 unspecified atom stereocenters. The van der Waals surface area contributed by atoms with Crippen LogP contribution in [0.4, 0.5) is 5.82 Å². The molecule has 1 aromatic heterocycles. The second-order valence-corrected chi connectivity index (χ2v) is 3.50. The standard InChI is InChI=1S/C6H9ClN4S/c7-5-6(10-12-9-5)11-3-1-8-2-4-11/h8H,1-4H2. The Labute approximate surface area is 79.9 Å². The first-order chi connectivity index (χ1) is 5.88. The summed E-state index contributed by atoms with van der Waals surface area (Å²) in [6.07, 6.45) is 0. The number of piperazine rings is 1. The molecule has 2 heterocycles. The van der Waals surface area contributed by atoms with Crippen LogP contribution in [-0.4, -0.2) is 34.9 Å². The summed E-state index contributed by atoms with van der Waals surface area (Å²) < 4.78 is 8.06. The SMILES string of the molecule is Clc1nsnc1N1CCNCC1. The van der Waals surface area contributed by atoms with Gasteiger partial charge in [0.25, 0.3) is 0 Å². The molecule has 4 nitrogen and oxygen atoms in total. The number of anilines is 1. The Kier molecular flexibility index (Phi) is 2.43. The molecule has 1 saturated heterocycles. The van der Waals surface area contributed by atoms with Gasteiger partial charge in [-0.3, -0.25) is 0 Å². The largest absolute Gasteiger partial charge is 0.351 e. The molecule has 1 aromatic rings. The van der Waals surface area contributed by atoms with Crippen molar-refractivity contribution in [2.45, 2.75) is 0 Å². The van der Waals surface area contributed by atoms with Crippen LogP contribution in [0.1, 0.15) is 0 Å². The van der Waals surface area contributed by atoms with Crippen molar-refractivity contribution in [1.82, 2.24) is 14.1 Å². The van der Waals surface area contributed by atoms with Crippen LogP contribution in [0.25, 0.3) is 0 Å². The molecule has 6 heteroatoms. The third kappa shape index (κ3) is 1.53. The molecule has 0 radical (unpaired) electrons. The van der Waals surface area contributed by atoms with Gasteiger partial charge in [-0.05, 0) is 0 Å². The highest BCUT2D eigenvalue weighted by molar-refractivity contribution is 6.99. The van der Waals surface area contributed by atoms with E-state index in [9.17, 15) is 0 Å². The smallest absolute Gasteiger partial charge is 0.187 e. The number of aromatic nitrogens is 2. The molecule has 0 saturated carbocycles. The van der Waals surface area contributed by atoms with E-state index in [1.165, 1.54) is 11.7 Å². The summed E-state index contributed by atoms with van der Waals surface area (Å²) in [7, 11) is 0. The molecule has 2 rings (SSSR count). The van der Waals surface area contributed by atoms with E-state index in [1.807, 2.05) is 0 Å². The number of hydrogen-bond donors (Lipinski definition) is 1. The van der Waals surface area contributed by atoms with E-state index in [2.05, 4.69) is 19.0 Å². The topological polar surface area (TPSA) is 41.1 Å². The van der Waals surface area contributed by atoms with Crippen LogP contribution in [0.3, 0.4) is 0 Å². The molecule has 12 heavy (non-hydrogen) atoms. The van der Waals surface area contributed by atoms with Gasteiger partial charge >= 0.3 is 0 Å². The minimum absolute atomic E-state index is 0.530. The Bertz CT molecular complexity index is 258. The fourth-order valence-corrected chi connectivity index (χ4v) is 2.02. The van der Waals surface area contributed by atoms with Gasteiger partial charge in [0.05, 0.1) is 11.7 Å². The molecule has 0 amide bonds. The van der Waals surface area contributed by atoms with Gasteiger partial charge in [-0.2, -0.15) is 8.75 Å². The van der Waals surface area contributed by atoms with E-state index in [4.69, 9.17) is 11.6 Å². The number of halogens is 1. The van der Waals surface area contributed by atoms with E-state index < -0.39 is 0 Å². The third-order valence-electron chi connectivity index (χ3n) is 1.85. The predicted molar refractivity (Wildman–Crippen MR) is 50.0 cm³/mol. The van der Waals surface area contributed by atoms with Gasteiger partial charge in [0.1, 0.15) is 0 Å². The summed E-state index contributed by atoms with van der Waals surface area (Å²) in [5.41, 5.74) is 0. The van der Waals surface area contributed by atoms with Crippen molar-refractivity contribution in [3.05, 3.63) is 5.15 Å². The molecule has 66 valence electrons. The summed E-state index contributed by atoms with van der Waals surface area (Å²) in [4.78, 5) is 2.16. The van der Waals surface area contributed by atoms with Crippen molar-refractivity contribution >= 4 is 29.1 Å². The predicted octanol–water partition coefficient (Wildman–Crippen LogP) is 0.601. The average molecular weight is 205 g/mol. The van der Waals surface area contributed by atoms with Crippen LogP contribution in [0.5, 0.6) is 0 Å². The number of rotatable bonds is 1. The lowest BCUT2D eigenvalue weighted by Crippen LogP contribution is -2.43. The van der Waals surface area contributed by atoms with Crippen molar-refractivity contribution < 1.29 is 0 Å². The average Bonchev–Trinajstić information content (AvgIpc) is 2.53. The molecule has 0 aliphatic carbocycles. The van der Waals surface area contributed by atoms with Crippen molar-refractivity contribution in [2.75, 3.05) is 31.1 Å². The van der Waals surface area contributed by atoms with Gasteiger partial charge in [-0.1, -0.05) is 11.6 Å². The Balaban J connectivity index is 2.13. The molecule has 1 aliphatic heterocycles. The van der Waals surface area contributed by atoms with Crippen LogP contribution in [-0.2, 0) is 0 Å². The zero-order valence-electron chi connectivity index (χ0n) is 6.46. The molecule has 0 aromatic carbocycles. The Morgan fingerprint density at radius 2 is 2.08 bits per heavy atom. The maximum atomic E-state index is 5.85. The Hall–Kier alpha value is -0.390. The fourth-order valence-electron chi connectivity index (χ4n) is 1.24. The van der Waals surface area contributed by atoms with Crippen LogP contribution in [0.2, 0.25) is 5.15 Å². The third-order valence-corrected chi connectivity index (χ3v) is 2.72. The lowest BCUT2D eigenvalue weighted by atomic mass is 10.4. The molecule has 0 atom stereocenters. The first-order valence-corrected chi connectivity index (χ1v) is 4.92. The van der Waals surface area contributed by atoms with Gasteiger partial charge in [0, 0.05) is 26.2 Å². The molecule has 0 spiro atoms. The normalized spacial score (nSPS) is 18.2. The van der Waals surface area contributed by atoms with E-state index in [0.29, 0.717) is 5.15 Å². The zero-order chi connectivity index (χ0) is 8.39. The first-order valence-electron chi connectivity index (χ1n) is 3.81. The van der Waals surface area contributed by atoms with E-state index in [-0.39, 0.29) is 0 Å². The maximum Gasteiger partial charge on any atom is 0.187 e. The van der Waals surface area contributed by atoms with Crippen LogP contribution in [0, 0.1) is 0 Å². The second-order valence-electron chi connectivity index (χ2n) is 2.62. The first kappa shape index (κ1) is 8.22. The monoisotopic (exact) mass is 204 g/mol. The summed E-state index contributed by atoms with van der Waals surface area (Å²) in [6.45, 7) is 3.91. The van der Waals surface area contributed by atoms with Gasteiger partial charge in [0.15, 0.2) is 11.0 Å². The highest BCUT2D eigenvalue weighted by Gasteiger charge is 2.16. The van der Waals surface area contributed by atoms with Crippen molar-refractivity contribution in [3.63, 3.8) is 0 Å². The quantitative estimate of drug-likeness (QED) is 0.728. The Morgan fingerprint density at radius 3 is 2.67 bits per heavy atom. The van der Waals surface area contributed by atoms with Crippen molar-refractivity contribution in [1.29, 1.82) is 0 Å². The molecular weight excluding hydrogens is 196 g/mol. The van der Waals surface area contributed by atoms with Gasteiger partial charge in [-0.15, -0.1) is 0 Å². The zero-order valence-corrected chi connectivity index (χ0v) is 8.03. The summed E-state index contributed by atoms with van der Waals surface area (Å²) in [5.74, 6) is 0.836. The van der Waals surface area contributed by atoms with Crippen LogP contribution < -0.4 is 10.2 Å². The maximum absolute atomic E-state index is 5.85. The van der Waals surface area contributed by atoms with Crippen LogP contribution in [0.15, 0.2) is 0 Å². The highest BCUT2D eigenvalue weighted by Crippen LogP contribution is 2.22. The number of nitrogens with one attached hydrogen (secondary N) is 1. The molecular formula is C6H9ClN4S. The number of nitrogens with zero attached hydrogens (tertiary/aromatic N) is 3. The molecule has 1 aliphatic rings. The summed E-state index contributed by atoms with van der Waals surface area (Å²) >= 11 is 7.01. The summed E-state index contributed by atoms with van der Waals surface area (Å²) in [6, 6.07) is 0.